The van der Waals surface area contributed by atoms with Crippen LogP contribution in [0.25, 0.3) is 0 Å². The van der Waals surface area contributed by atoms with Crippen molar-refractivity contribution in [3.05, 3.63) is 21.9 Å². The highest BCUT2D eigenvalue weighted by atomic mass is 32.1. The van der Waals surface area contributed by atoms with Crippen LogP contribution in [0.2, 0.25) is 0 Å². The summed E-state index contributed by atoms with van der Waals surface area (Å²) in [5, 5.41) is 20.0. The smallest absolute Gasteiger partial charge is 0.188 e. The molecule has 0 amide bonds. The maximum absolute atomic E-state index is 4.40. The van der Waals surface area contributed by atoms with Crippen LogP contribution < -0.4 is 5.32 Å². The van der Waals surface area contributed by atoms with Gasteiger partial charge >= 0.3 is 0 Å². The third kappa shape index (κ3) is 2.57. The Bertz CT molecular complexity index is 408. The predicted molar refractivity (Wildman–Crippen MR) is 56.3 cm³/mol. The van der Waals surface area contributed by atoms with Crippen molar-refractivity contribution in [1.82, 2.24) is 30.9 Å². The molecule has 1 unspecified atom stereocenters. The molecular weight excluding hydrogens is 212 g/mol. The second-order valence-electron chi connectivity index (χ2n) is 3.22. The van der Waals surface area contributed by atoms with E-state index in [0.29, 0.717) is 12.4 Å². The topological polar surface area (TPSA) is 79.4 Å². The third-order valence-corrected chi connectivity index (χ3v) is 2.83. The summed E-state index contributed by atoms with van der Waals surface area (Å²) >= 11 is 1.66. The Labute approximate surface area is 91.1 Å². The van der Waals surface area contributed by atoms with E-state index in [0.717, 1.165) is 10.7 Å². The van der Waals surface area contributed by atoms with E-state index in [9.17, 15) is 0 Å². The number of aryl methyl sites for hydroxylation is 1. The third-order valence-electron chi connectivity index (χ3n) is 2.04. The number of tetrazole rings is 1. The van der Waals surface area contributed by atoms with E-state index in [4.69, 9.17) is 0 Å². The fraction of sp³-hybridized carbons (Fsp3) is 0.500. The molecule has 0 aliphatic carbocycles. The zero-order valence-electron chi connectivity index (χ0n) is 8.56. The highest BCUT2D eigenvalue weighted by Crippen LogP contribution is 2.15. The molecule has 0 bridgehead atoms. The SMILES string of the molecule is Cc1nc(C(C)NCc2nn[nH]n2)cs1. The van der Waals surface area contributed by atoms with Crippen molar-refractivity contribution < 1.29 is 0 Å². The summed E-state index contributed by atoms with van der Waals surface area (Å²) < 4.78 is 0. The maximum Gasteiger partial charge on any atom is 0.188 e. The molecule has 0 saturated carbocycles. The molecule has 7 heteroatoms. The van der Waals surface area contributed by atoms with Crippen molar-refractivity contribution in [2.24, 2.45) is 0 Å². The average Bonchev–Trinajstić information content (AvgIpc) is 2.84. The highest BCUT2D eigenvalue weighted by molar-refractivity contribution is 7.09. The number of H-pyrrole nitrogens is 1. The Morgan fingerprint density at radius 1 is 1.60 bits per heavy atom. The van der Waals surface area contributed by atoms with Gasteiger partial charge in [-0.15, -0.1) is 21.5 Å². The summed E-state index contributed by atoms with van der Waals surface area (Å²) in [5.74, 6) is 0.661. The number of thiazole rings is 1. The molecule has 1 atom stereocenters. The molecule has 2 heterocycles. The van der Waals surface area contributed by atoms with E-state index in [1.807, 2.05) is 6.92 Å². The molecule has 0 aliphatic rings. The first-order valence-corrected chi connectivity index (χ1v) is 5.51. The van der Waals surface area contributed by atoms with Crippen molar-refractivity contribution >= 4 is 11.3 Å². The van der Waals surface area contributed by atoms with Crippen LogP contribution in [0, 0.1) is 6.92 Å². The van der Waals surface area contributed by atoms with Gasteiger partial charge in [0.2, 0.25) is 0 Å². The predicted octanol–water partition coefficient (Wildman–Crippen LogP) is 0.815. The Hall–Kier alpha value is -1.34. The van der Waals surface area contributed by atoms with Crippen molar-refractivity contribution in [2.45, 2.75) is 26.4 Å². The Kier molecular flexibility index (Phi) is 3.02. The Balaban J connectivity index is 1.90. The lowest BCUT2D eigenvalue weighted by Gasteiger charge is -2.08. The van der Waals surface area contributed by atoms with Crippen LogP contribution in [-0.4, -0.2) is 25.6 Å². The summed E-state index contributed by atoms with van der Waals surface area (Å²) in [4.78, 5) is 4.40. The molecule has 6 nitrogen and oxygen atoms in total. The monoisotopic (exact) mass is 224 g/mol. The van der Waals surface area contributed by atoms with Gasteiger partial charge in [0.1, 0.15) is 0 Å². The van der Waals surface area contributed by atoms with Gasteiger partial charge < -0.3 is 5.32 Å². The van der Waals surface area contributed by atoms with E-state index < -0.39 is 0 Å². The van der Waals surface area contributed by atoms with Gasteiger partial charge in [-0.25, -0.2) is 4.98 Å². The minimum Gasteiger partial charge on any atom is -0.302 e. The van der Waals surface area contributed by atoms with Crippen molar-refractivity contribution in [2.75, 3.05) is 0 Å². The van der Waals surface area contributed by atoms with Gasteiger partial charge in [0.25, 0.3) is 0 Å². The van der Waals surface area contributed by atoms with Crippen LogP contribution in [0.1, 0.15) is 29.5 Å². The van der Waals surface area contributed by atoms with E-state index >= 15 is 0 Å². The first-order chi connectivity index (χ1) is 7.25. The number of hydrogen-bond acceptors (Lipinski definition) is 6. The fourth-order valence-electron chi connectivity index (χ4n) is 1.19. The Morgan fingerprint density at radius 2 is 2.47 bits per heavy atom. The molecule has 0 aliphatic heterocycles. The number of hydrogen-bond donors (Lipinski definition) is 2. The van der Waals surface area contributed by atoms with Gasteiger partial charge in [-0.2, -0.15) is 5.21 Å². The first kappa shape index (κ1) is 10.2. The minimum absolute atomic E-state index is 0.202. The summed E-state index contributed by atoms with van der Waals surface area (Å²) in [6.07, 6.45) is 0. The average molecular weight is 224 g/mol. The molecular formula is C8H12N6S. The summed E-state index contributed by atoms with van der Waals surface area (Å²) in [6, 6.07) is 0.202. The lowest BCUT2D eigenvalue weighted by atomic mass is 10.2. The number of rotatable bonds is 4. The van der Waals surface area contributed by atoms with Crippen LogP contribution in [0.3, 0.4) is 0 Å². The van der Waals surface area contributed by atoms with Gasteiger partial charge in [0, 0.05) is 11.4 Å². The standard InChI is InChI=1S/C8H12N6S/c1-5(7-4-15-6(2)10-7)9-3-8-11-13-14-12-8/h4-5,9H,3H2,1-2H3,(H,11,12,13,14). The van der Waals surface area contributed by atoms with E-state index in [1.165, 1.54) is 0 Å². The van der Waals surface area contributed by atoms with Crippen LogP contribution >= 0.6 is 11.3 Å². The molecule has 0 aromatic carbocycles. The minimum atomic E-state index is 0.202. The zero-order valence-corrected chi connectivity index (χ0v) is 9.38. The number of aromatic nitrogens is 5. The normalized spacial score (nSPS) is 12.9. The fourth-order valence-corrected chi connectivity index (χ4v) is 1.89. The van der Waals surface area contributed by atoms with Gasteiger partial charge in [-0.05, 0) is 13.8 Å². The number of nitrogens with zero attached hydrogens (tertiary/aromatic N) is 4. The van der Waals surface area contributed by atoms with E-state index in [1.54, 1.807) is 11.3 Å². The molecule has 0 radical (unpaired) electrons. The van der Waals surface area contributed by atoms with E-state index in [2.05, 4.69) is 43.2 Å². The van der Waals surface area contributed by atoms with E-state index in [-0.39, 0.29) is 6.04 Å². The van der Waals surface area contributed by atoms with Gasteiger partial charge in [0.15, 0.2) is 5.82 Å². The quantitative estimate of drug-likeness (QED) is 0.803. The zero-order chi connectivity index (χ0) is 10.7. The van der Waals surface area contributed by atoms with Gasteiger partial charge in [-0.3, -0.25) is 0 Å². The van der Waals surface area contributed by atoms with Gasteiger partial charge in [-0.1, -0.05) is 5.21 Å². The molecule has 0 spiro atoms. The Morgan fingerprint density at radius 3 is 3.07 bits per heavy atom. The largest absolute Gasteiger partial charge is 0.302 e. The second-order valence-corrected chi connectivity index (χ2v) is 4.28. The maximum atomic E-state index is 4.40. The van der Waals surface area contributed by atoms with Crippen LogP contribution in [-0.2, 0) is 6.54 Å². The summed E-state index contributed by atoms with van der Waals surface area (Å²) in [6.45, 7) is 4.66. The highest BCUT2D eigenvalue weighted by Gasteiger charge is 2.09. The molecule has 2 aromatic rings. The molecule has 15 heavy (non-hydrogen) atoms. The lowest BCUT2D eigenvalue weighted by Crippen LogP contribution is -2.19. The van der Waals surface area contributed by atoms with Crippen molar-refractivity contribution in [3.8, 4) is 0 Å². The van der Waals surface area contributed by atoms with Gasteiger partial charge in [0.05, 0.1) is 17.2 Å². The molecule has 0 saturated heterocycles. The van der Waals surface area contributed by atoms with Crippen LogP contribution in [0.4, 0.5) is 0 Å². The van der Waals surface area contributed by atoms with Crippen LogP contribution in [0.15, 0.2) is 5.38 Å². The number of aromatic amines is 1. The van der Waals surface area contributed by atoms with Crippen molar-refractivity contribution in [1.29, 1.82) is 0 Å². The van der Waals surface area contributed by atoms with Crippen molar-refractivity contribution in [3.63, 3.8) is 0 Å². The molecule has 80 valence electrons. The summed E-state index contributed by atoms with van der Waals surface area (Å²) in [7, 11) is 0. The summed E-state index contributed by atoms with van der Waals surface area (Å²) in [5.41, 5.74) is 1.06. The lowest BCUT2D eigenvalue weighted by molar-refractivity contribution is 0.549. The molecule has 2 aromatic heterocycles. The first-order valence-electron chi connectivity index (χ1n) is 4.63. The molecule has 0 fully saturated rings. The number of nitrogens with one attached hydrogen (secondary N) is 2. The molecule has 2 rings (SSSR count). The second kappa shape index (κ2) is 4.45. The van der Waals surface area contributed by atoms with Crippen LogP contribution in [0.5, 0.6) is 0 Å². The molecule has 2 N–H and O–H groups in total.